The van der Waals surface area contributed by atoms with E-state index in [0.717, 1.165) is 24.8 Å². The molecule has 4 rings (SSSR count). The summed E-state index contributed by atoms with van der Waals surface area (Å²) in [5.41, 5.74) is 7.15. The maximum atomic E-state index is 13.9. The minimum atomic E-state index is -0.580. The lowest BCUT2D eigenvalue weighted by atomic mass is 9.96. The molecule has 1 amide bonds. The number of nitrogens with zero attached hydrogens (tertiary/aromatic N) is 3. The number of nitrogens with two attached hydrogens (primary N) is 1. The number of amides is 1. The van der Waals surface area contributed by atoms with Crippen LogP contribution in [0, 0.1) is 5.82 Å². The van der Waals surface area contributed by atoms with E-state index in [-0.39, 0.29) is 23.5 Å². The van der Waals surface area contributed by atoms with Crippen molar-refractivity contribution < 1.29 is 13.9 Å². The molecule has 1 aromatic heterocycles. The van der Waals surface area contributed by atoms with Crippen LogP contribution in [0.1, 0.15) is 41.2 Å². The largest absolute Gasteiger partial charge is 0.490 e. The van der Waals surface area contributed by atoms with E-state index in [2.05, 4.69) is 15.3 Å². The van der Waals surface area contributed by atoms with E-state index >= 15 is 0 Å². The van der Waals surface area contributed by atoms with Gasteiger partial charge in [-0.05, 0) is 63.2 Å². The van der Waals surface area contributed by atoms with Gasteiger partial charge in [0.25, 0.3) is 5.91 Å². The summed E-state index contributed by atoms with van der Waals surface area (Å²) in [5.74, 6) is 0.216. The van der Waals surface area contributed by atoms with E-state index in [1.165, 1.54) is 18.5 Å². The summed E-state index contributed by atoms with van der Waals surface area (Å²) < 4.78 is 19.9. The number of ether oxygens (including phenoxy) is 1. The fourth-order valence-electron chi connectivity index (χ4n) is 3.68. The lowest BCUT2D eigenvalue weighted by molar-refractivity contribution is 0.0998. The Morgan fingerprint density at radius 2 is 2.10 bits per heavy atom. The summed E-state index contributed by atoms with van der Waals surface area (Å²) in [6, 6.07) is 9.71. The molecule has 162 valence electrons. The molecule has 7 nitrogen and oxygen atoms in total. The number of carbonyl (C=O) groups excluding carboxylic acids is 1. The standard InChI is InChI=1S/C23H26FN5O2/c1-29(2)12-20(14-5-3-6-15(24)9-14)28-23-19-11-17(31-16-7-4-8-16)10-18(22(25)30)21(19)26-13-27-23/h3,5-6,9-11,13,16,20H,4,7-8,12H2,1-2H3,(H2,25,30)(H,26,27,28). The molecule has 0 aliphatic heterocycles. The van der Waals surface area contributed by atoms with Crippen molar-refractivity contribution in [3.63, 3.8) is 0 Å². The highest BCUT2D eigenvalue weighted by molar-refractivity contribution is 6.07. The molecule has 1 aliphatic rings. The quantitative estimate of drug-likeness (QED) is 0.576. The van der Waals surface area contributed by atoms with Crippen LogP contribution in [0.2, 0.25) is 0 Å². The van der Waals surface area contributed by atoms with Gasteiger partial charge < -0.3 is 20.7 Å². The number of anilines is 1. The average Bonchev–Trinajstić information content (AvgIpc) is 2.69. The van der Waals surface area contributed by atoms with E-state index in [4.69, 9.17) is 10.5 Å². The Balaban J connectivity index is 1.76. The molecule has 0 saturated heterocycles. The van der Waals surface area contributed by atoms with Gasteiger partial charge in [-0.25, -0.2) is 14.4 Å². The highest BCUT2D eigenvalue weighted by Gasteiger charge is 2.22. The van der Waals surface area contributed by atoms with Crippen LogP contribution < -0.4 is 15.8 Å². The molecular formula is C23H26FN5O2. The Bertz CT molecular complexity index is 1100. The summed E-state index contributed by atoms with van der Waals surface area (Å²) in [7, 11) is 3.89. The predicted molar refractivity (Wildman–Crippen MR) is 118 cm³/mol. The van der Waals surface area contributed by atoms with Crippen molar-refractivity contribution in [1.82, 2.24) is 14.9 Å². The normalized spacial score (nSPS) is 15.0. The summed E-state index contributed by atoms with van der Waals surface area (Å²) in [6.07, 6.45) is 4.65. The molecule has 1 fully saturated rings. The van der Waals surface area contributed by atoms with Crippen LogP contribution in [0.5, 0.6) is 5.75 Å². The second kappa shape index (κ2) is 8.85. The number of aromatic nitrogens is 2. The summed E-state index contributed by atoms with van der Waals surface area (Å²) >= 11 is 0. The molecule has 1 unspecified atom stereocenters. The SMILES string of the molecule is CN(C)CC(Nc1ncnc2c(C(N)=O)cc(OC3CCC3)cc12)c1cccc(F)c1. The predicted octanol–water partition coefficient (Wildman–Crippen LogP) is 3.51. The van der Waals surface area contributed by atoms with Gasteiger partial charge in [0.1, 0.15) is 23.7 Å². The summed E-state index contributed by atoms with van der Waals surface area (Å²) in [4.78, 5) is 22.8. The van der Waals surface area contributed by atoms with Gasteiger partial charge in [0, 0.05) is 11.9 Å². The number of carbonyl (C=O) groups is 1. The van der Waals surface area contributed by atoms with Crippen molar-refractivity contribution in [2.75, 3.05) is 26.0 Å². The number of rotatable bonds is 8. The molecule has 3 N–H and O–H groups in total. The van der Waals surface area contributed by atoms with Gasteiger partial charge >= 0.3 is 0 Å². The Morgan fingerprint density at radius 3 is 2.74 bits per heavy atom. The third-order valence-electron chi connectivity index (χ3n) is 5.44. The van der Waals surface area contributed by atoms with Gasteiger partial charge in [-0.15, -0.1) is 0 Å². The molecule has 8 heteroatoms. The van der Waals surface area contributed by atoms with Crippen LogP contribution in [0.4, 0.5) is 10.2 Å². The molecule has 31 heavy (non-hydrogen) atoms. The Hall–Kier alpha value is -3.26. The topological polar surface area (TPSA) is 93.4 Å². The molecule has 0 bridgehead atoms. The van der Waals surface area contributed by atoms with Gasteiger partial charge in [-0.2, -0.15) is 0 Å². The van der Waals surface area contributed by atoms with Crippen LogP contribution in [0.15, 0.2) is 42.7 Å². The van der Waals surface area contributed by atoms with Gasteiger partial charge in [-0.3, -0.25) is 4.79 Å². The van der Waals surface area contributed by atoms with E-state index in [1.807, 2.05) is 31.1 Å². The fraction of sp³-hybridized carbons (Fsp3) is 0.348. The molecule has 2 aromatic carbocycles. The Labute approximate surface area is 180 Å². The van der Waals surface area contributed by atoms with Gasteiger partial charge in [-0.1, -0.05) is 12.1 Å². The number of benzene rings is 2. The zero-order valence-corrected chi connectivity index (χ0v) is 17.6. The second-order valence-electron chi connectivity index (χ2n) is 8.14. The van der Waals surface area contributed by atoms with E-state index in [9.17, 15) is 9.18 Å². The van der Waals surface area contributed by atoms with Crippen molar-refractivity contribution in [3.05, 3.63) is 59.7 Å². The van der Waals surface area contributed by atoms with Crippen molar-refractivity contribution in [2.45, 2.75) is 31.4 Å². The molecule has 3 aromatic rings. The molecule has 0 radical (unpaired) electrons. The minimum Gasteiger partial charge on any atom is -0.490 e. The number of fused-ring (bicyclic) bond motifs is 1. The van der Waals surface area contributed by atoms with Gasteiger partial charge in [0.2, 0.25) is 0 Å². The molecule has 1 atom stereocenters. The zero-order valence-electron chi connectivity index (χ0n) is 17.6. The summed E-state index contributed by atoms with van der Waals surface area (Å²) in [6.45, 7) is 0.607. The summed E-state index contributed by atoms with van der Waals surface area (Å²) in [5, 5.41) is 4.04. The fourth-order valence-corrected chi connectivity index (χ4v) is 3.68. The van der Waals surface area contributed by atoms with Crippen LogP contribution in [-0.2, 0) is 0 Å². The monoisotopic (exact) mass is 423 g/mol. The van der Waals surface area contributed by atoms with Gasteiger partial charge in [0.15, 0.2) is 0 Å². The number of hydrogen-bond donors (Lipinski definition) is 2. The highest BCUT2D eigenvalue weighted by atomic mass is 19.1. The van der Waals surface area contributed by atoms with Crippen LogP contribution in [-0.4, -0.2) is 47.5 Å². The van der Waals surface area contributed by atoms with E-state index < -0.39 is 5.91 Å². The van der Waals surface area contributed by atoms with Crippen LogP contribution >= 0.6 is 0 Å². The number of primary amides is 1. The number of hydrogen-bond acceptors (Lipinski definition) is 6. The van der Waals surface area contributed by atoms with Crippen LogP contribution in [0.25, 0.3) is 10.9 Å². The molecular weight excluding hydrogens is 397 g/mol. The van der Waals surface area contributed by atoms with Crippen molar-refractivity contribution in [2.24, 2.45) is 5.73 Å². The number of halogens is 1. The minimum absolute atomic E-state index is 0.146. The molecule has 0 spiro atoms. The van der Waals surface area contributed by atoms with Crippen molar-refractivity contribution in [3.8, 4) is 5.75 Å². The first-order valence-electron chi connectivity index (χ1n) is 10.3. The Kier molecular flexibility index (Phi) is 5.99. The average molecular weight is 423 g/mol. The molecule has 1 saturated carbocycles. The van der Waals surface area contributed by atoms with Crippen molar-refractivity contribution >= 4 is 22.6 Å². The van der Waals surface area contributed by atoms with Gasteiger partial charge in [0.05, 0.1) is 23.2 Å². The zero-order chi connectivity index (χ0) is 22.0. The van der Waals surface area contributed by atoms with E-state index in [1.54, 1.807) is 12.1 Å². The molecule has 1 aliphatic carbocycles. The highest BCUT2D eigenvalue weighted by Crippen LogP contribution is 2.33. The number of nitrogens with one attached hydrogen (secondary N) is 1. The lowest BCUT2D eigenvalue weighted by Crippen LogP contribution is -2.26. The number of likely N-dealkylation sites (N-methyl/N-ethyl adjacent to an activating group) is 1. The first-order chi connectivity index (χ1) is 14.9. The molecule has 1 heterocycles. The first kappa shape index (κ1) is 21.0. The Morgan fingerprint density at radius 1 is 1.29 bits per heavy atom. The third kappa shape index (κ3) is 4.74. The third-order valence-corrected chi connectivity index (χ3v) is 5.44. The maximum Gasteiger partial charge on any atom is 0.251 e. The smallest absolute Gasteiger partial charge is 0.251 e. The first-order valence-corrected chi connectivity index (χ1v) is 10.3. The maximum absolute atomic E-state index is 13.9. The van der Waals surface area contributed by atoms with E-state index in [0.29, 0.717) is 29.0 Å². The lowest BCUT2D eigenvalue weighted by Gasteiger charge is -2.27. The second-order valence-corrected chi connectivity index (χ2v) is 8.14. The van der Waals surface area contributed by atoms with Crippen molar-refractivity contribution in [1.29, 1.82) is 0 Å². The van der Waals surface area contributed by atoms with Crippen LogP contribution in [0.3, 0.4) is 0 Å².